The minimum Gasteiger partial charge on any atom is -0.357 e. The largest absolute Gasteiger partial charge is 0.357 e. The molecule has 2 aliphatic rings. The van der Waals surface area contributed by atoms with Crippen LogP contribution in [0.2, 0.25) is 0 Å². The fourth-order valence-electron chi connectivity index (χ4n) is 4.09. The molecule has 26 heavy (non-hydrogen) atoms. The molecular formula is C18H31N5O2S. The van der Waals surface area contributed by atoms with Crippen molar-refractivity contribution in [2.75, 3.05) is 31.9 Å². The molecule has 1 aromatic rings. The number of aliphatic imine (C=N–C) groups is 1. The van der Waals surface area contributed by atoms with E-state index < -0.39 is 14.6 Å². The number of hydrogen-bond acceptors (Lipinski definition) is 4. The second-order valence-electron chi connectivity index (χ2n) is 7.50. The van der Waals surface area contributed by atoms with Crippen LogP contribution in [0.15, 0.2) is 17.4 Å². The lowest BCUT2D eigenvalue weighted by atomic mass is 9.87. The van der Waals surface area contributed by atoms with Gasteiger partial charge in [0.05, 0.1) is 29.8 Å². The van der Waals surface area contributed by atoms with Crippen molar-refractivity contribution >= 4 is 15.8 Å². The Bertz CT molecular complexity index is 735. The number of aromatic nitrogens is 2. The number of rotatable bonds is 4. The van der Waals surface area contributed by atoms with Crippen LogP contribution in [0, 0.1) is 6.92 Å². The van der Waals surface area contributed by atoms with Crippen molar-refractivity contribution < 1.29 is 8.42 Å². The second-order valence-corrected chi connectivity index (χ2v) is 10.0. The van der Waals surface area contributed by atoms with Crippen molar-refractivity contribution in [1.82, 2.24) is 20.0 Å². The van der Waals surface area contributed by atoms with Gasteiger partial charge in [-0.05, 0) is 32.3 Å². The molecule has 0 unspecified atom stereocenters. The van der Waals surface area contributed by atoms with Crippen LogP contribution in [0.3, 0.4) is 0 Å². The van der Waals surface area contributed by atoms with Crippen molar-refractivity contribution in [3.8, 4) is 0 Å². The van der Waals surface area contributed by atoms with E-state index in [0.29, 0.717) is 19.6 Å². The summed E-state index contributed by atoms with van der Waals surface area (Å²) < 4.78 is 26.9. The molecule has 1 aromatic heterocycles. The highest BCUT2D eigenvalue weighted by atomic mass is 32.2. The lowest BCUT2D eigenvalue weighted by molar-refractivity contribution is 0.274. The Labute approximate surface area is 156 Å². The van der Waals surface area contributed by atoms with Gasteiger partial charge in [0.15, 0.2) is 15.8 Å². The third kappa shape index (κ3) is 4.05. The zero-order chi connectivity index (χ0) is 18.6. The standard InChI is InChI=1S/C18H31N5O2S/c1-3-19-17(20-9-10-23-14-16(2)13-21-23)22-11-12-26(24,25)18(15-22)7-5-4-6-8-18/h13-14H,3-12,15H2,1-2H3,(H,19,20). The van der Waals surface area contributed by atoms with E-state index in [1.165, 1.54) is 0 Å². The number of hydrogen-bond donors (Lipinski definition) is 1. The first-order valence-electron chi connectivity index (χ1n) is 9.70. The number of guanidine groups is 1. The van der Waals surface area contributed by atoms with Crippen LogP contribution in [-0.4, -0.2) is 65.7 Å². The average molecular weight is 382 g/mol. The molecule has 0 radical (unpaired) electrons. The minimum absolute atomic E-state index is 0.232. The molecule has 0 aromatic carbocycles. The van der Waals surface area contributed by atoms with Gasteiger partial charge in [-0.15, -0.1) is 0 Å². The predicted octanol–water partition coefficient (Wildman–Crippen LogP) is 1.59. The van der Waals surface area contributed by atoms with Gasteiger partial charge in [0.1, 0.15) is 0 Å². The van der Waals surface area contributed by atoms with Gasteiger partial charge in [0.25, 0.3) is 0 Å². The SMILES string of the molecule is CCNC(=NCCn1cc(C)cn1)N1CCS(=O)(=O)C2(CCCCC2)C1. The third-order valence-corrected chi connectivity index (χ3v) is 8.10. The molecule has 1 spiro atoms. The van der Waals surface area contributed by atoms with Crippen LogP contribution < -0.4 is 5.32 Å². The maximum Gasteiger partial charge on any atom is 0.194 e. The number of nitrogens with zero attached hydrogens (tertiary/aromatic N) is 4. The molecule has 1 saturated carbocycles. The highest BCUT2D eigenvalue weighted by molar-refractivity contribution is 7.92. The van der Waals surface area contributed by atoms with E-state index in [1.54, 1.807) is 0 Å². The van der Waals surface area contributed by atoms with E-state index in [-0.39, 0.29) is 5.75 Å². The van der Waals surface area contributed by atoms with Gasteiger partial charge in [-0.1, -0.05) is 19.3 Å². The first-order chi connectivity index (χ1) is 12.5. The van der Waals surface area contributed by atoms with Crippen molar-refractivity contribution in [3.63, 3.8) is 0 Å². The summed E-state index contributed by atoms with van der Waals surface area (Å²) >= 11 is 0. The normalized spacial score (nSPS) is 22.5. The third-order valence-electron chi connectivity index (χ3n) is 5.52. The zero-order valence-electron chi connectivity index (χ0n) is 15.9. The van der Waals surface area contributed by atoms with Gasteiger partial charge in [-0.2, -0.15) is 5.10 Å². The van der Waals surface area contributed by atoms with Gasteiger partial charge in [0, 0.05) is 25.8 Å². The molecule has 1 saturated heterocycles. The molecule has 3 rings (SSSR count). The minimum atomic E-state index is -3.03. The molecule has 0 atom stereocenters. The first kappa shape index (κ1) is 19.2. The van der Waals surface area contributed by atoms with Crippen LogP contribution in [0.1, 0.15) is 44.6 Å². The highest BCUT2D eigenvalue weighted by Gasteiger charge is 2.48. The summed E-state index contributed by atoms with van der Waals surface area (Å²) in [6.07, 6.45) is 8.60. The maximum atomic E-state index is 12.8. The Balaban J connectivity index is 1.71. The van der Waals surface area contributed by atoms with Crippen molar-refractivity contribution in [2.45, 2.75) is 57.2 Å². The van der Waals surface area contributed by atoms with Gasteiger partial charge in [-0.3, -0.25) is 9.67 Å². The van der Waals surface area contributed by atoms with Crippen LogP contribution in [-0.2, 0) is 16.4 Å². The Morgan fingerprint density at radius 2 is 2.12 bits per heavy atom. The molecule has 2 heterocycles. The number of sulfone groups is 1. The average Bonchev–Trinajstić information content (AvgIpc) is 3.03. The van der Waals surface area contributed by atoms with E-state index in [4.69, 9.17) is 4.99 Å². The zero-order valence-corrected chi connectivity index (χ0v) is 16.8. The topological polar surface area (TPSA) is 79.6 Å². The summed E-state index contributed by atoms with van der Waals surface area (Å²) in [4.78, 5) is 6.90. The Kier molecular flexibility index (Phi) is 5.89. The molecule has 1 aliphatic heterocycles. The van der Waals surface area contributed by atoms with Crippen LogP contribution in [0.5, 0.6) is 0 Å². The smallest absolute Gasteiger partial charge is 0.194 e. The summed E-state index contributed by atoms with van der Waals surface area (Å²) in [5.41, 5.74) is 1.14. The first-order valence-corrected chi connectivity index (χ1v) is 11.4. The fraction of sp³-hybridized carbons (Fsp3) is 0.778. The summed E-state index contributed by atoms with van der Waals surface area (Å²) in [6.45, 7) is 7.28. The Morgan fingerprint density at radius 3 is 2.77 bits per heavy atom. The molecule has 146 valence electrons. The monoisotopic (exact) mass is 381 g/mol. The number of aryl methyl sites for hydroxylation is 1. The molecule has 2 fully saturated rings. The van der Waals surface area contributed by atoms with E-state index in [0.717, 1.165) is 56.7 Å². The van der Waals surface area contributed by atoms with Crippen LogP contribution in [0.4, 0.5) is 0 Å². The van der Waals surface area contributed by atoms with Gasteiger partial charge in [-0.25, -0.2) is 8.42 Å². The Morgan fingerprint density at radius 1 is 1.35 bits per heavy atom. The molecule has 7 nitrogen and oxygen atoms in total. The van der Waals surface area contributed by atoms with E-state index in [1.807, 2.05) is 30.9 Å². The Hall–Kier alpha value is -1.57. The van der Waals surface area contributed by atoms with Crippen molar-refractivity contribution in [1.29, 1.82) is 0 Å². The van der Waals surface area contributed by atoms with Gasteiger partial charge < -0.3 is 10.2 Å². The summed E-state index contributed by atoms with van der Waals surface area (Å²) in [5, 5.41) is 7.64. The molecular weight excluding hydrogens is 350 g/mol. The van der Waals surface area contributed by atoms with Gasteiger partial charge >= 0.3 is 0 Å². The summed E-state index contributed by atoms with van der Waals surface area (Å²) in [7, 11) is -3.03. The molecule has 1 aliphatic carbocycles. The van der Waals surface area contributed by atoms with E-state index >= 15 is 0 Å². The van der Waals surface area contributed by atoms with Gasteiger partial charge in [0.2, 0.25) is 0 Å². The van der Waals surface area contributed by atoms with Crippen molar-refractivity contribution in [3.05, 3.63) is 18.0 Å². The summed E-state index contributed by atoms with van der Waals surface area (Å²) in [6, 6.07) is 0. The number of nitrogens with one attached hydrogen (secondary N) is 1. The highest BCUT2D eigenvalue weighted by Crippen LogP contribution is 2.38. The lowest BCUT2D eigenvalue weighted by Crippen LogP contribution is -2.60. The molecule has 8 heteroatoms. The van der Waals surface area contributed by atoms with E-state index in [2.05, 4.69) is 15.3 Å². The maximum absolute atomic E-state index is 12.8. The lowest BCUT2D eigenvalue weighted by Gasteiger charge is -2.45. The molecule has 1 N–H and O–H groups in total. The quantitative estimate of drug-likeness (QED) is 0.633. The molecule has 0 amide bonds. The van der Waals surface area contributed by atoms with Crippen LogP contribution in [0.25, 0.3) is 0 Å². The van der Waals surface area contributed by atoms with Crippen LogP contribution >= 0.6 is 0 Å². The molecule has 0 bridgehead atoms. The van der Waals surface area contributed by atoms with E-state index in [9.17, 15) is 8.42 Å². The second kappa shape index (κ2) is 7.98. The predicted molar refractivity (Wildman–Crippen MR) is 104 cm³/mol. The fourth-order valence-corrected chi connectivity index (χ4v) is 6.25. The van der Waals surface area contributed by atoms with Crippen molar-refractivity contribution in [2.24, 2.45) is 4.99 Å². The summed E-state index contributed by atoms with van der Waals surface area (Å²) in [5.74, 6) is 1.06.